The Morgan fingerprint density at radius 3 is 2.48 bits per heavy atom. The van der Waals surface area contributed by atoms with E-state index in [0.717, 1.165) is 59.9 Å². The van der Waals surface area contributed by atoms with Crippen molar-refractivity contribution in [2.45, 2.75) is 33.1 Å². The average molecular weight is 421 g/mol. The minimum Gasteiger partial charge on any atom is -0.368 e. The number of hydrogen-bond donors (Lipinski definition) is 0. The van der Waals surface area contributed by atoms with E-state index in [1.807, 2.05) is 18.7 Å². The lowest BCUT2D eigenvalue weighted by Gasteiger charge is -2.36. The molecule has 3 aromatic rings. The number of hydrogen-bond acceptors (Lipinski definition) is 7. The molecule has 5 rings (SSSR count). The lowest BCUT2D eigenvalue weighted by Crippen LogP contribution is -2.49. The molecule has 1 amide bonds. The molecular formula is C23H28N6O2. The van der Waals surface area contributed by atoms with E-state index < -0.39 is 0 Å². The third-order valence-corrected chi connectivity index (χ3v) is 6.51. The van der Waals surface area contributed by atoms with E-state index in [1.165, 1.54) is 18.5 Å². The van der Waals surface area contributed by atoms with Gasteiger partial charge in [0.25, 0.3) is 0 Å². The molecule has 0 aliphatic carbocycles. The van der Waals surface area contributed by atoms with Gasteiger partial charge in [-0.3, -0.25) is 4.79 Å². The number of amides is 1. The summed E-state index contributed by atoms with van der Waals surface area (Å²) in [6.45, 7) is 8.91. The molecule has 4 heterocycles. The van der Waals surface area contributed by atoms with Gasteiger partial charge in [-0.1, -0.05) is 5.16 Å². The molecule has 0 saturated carbocycles. The first-order valence-electron chi connectivity index (χ1n) is 11.0. The summed E-state index contributed by atoms with van der Waals surface area (Å²) in [7, 11) is 0. The third kappa shape index (κ3) is 3.82. The summed E-state index contributed by atoms with van der Waals surface area (Å²) >= 11 is 0. The number of nitrogens with zero attached hydrogens (tertiary/aromatic N) is 6. The molecule has 2 aromatic heterocycles. The quantitative estimate of drug-likeness (QED) is 0.642. The minimum absolute atomic E-state index is 0.136. The Bertz CT molecular complexity index is 1080. The van der Waals surface area contributed by atoms with Gasteiger partial charge in [0.1, 0.15) is 17.9 Å². The zero-order valence-corrected chi connectivity index (χ0v) is 18.2. The number of aromatic nitrogens is 3. The second-order valence-electron chi connectivity index (χ2n) is 8.44. The summed E-state index contributed by atoms with van der Waals surface area (Å²) in [5.41, 5.74) is 3.86. The van der Waals surface area contributed by atoms with Crippen molar-refractivity contribution in [3.8, 4) is 0 Å². The van der Waals surface area contributed by atoms with Crippen LogP contribution in [0.15, 0.2) is 29.0 Å². The molecule has 0 bridgehead atoms. The van der Waals surface area contributed by atoms with E-state index in [0.29, 0.717) is 19.5 Å². The van der Waals surface area contributed by atoms with Crippen LogP contribution in [-0.4, -0.2) is 65.2 Å². The molecule has 2 aliphatic rings. The predicted molar refractivity (Wildman–Crippen MR) is 119 cm³/mol. The molecular weight excluding hydrogens is 392 g/mol. The van der Waals surface area contributed by atoms with Gasteiger partial charge in [0.2, 0.25) is 5.91 Å². The summed E-state index contributed by atoms with van der Waals surface area (Å²) < 4.78 is 5.20. The Morgan fingerprint density at radius 2 is 1.77 bits per heavy atom. The van der Waals surface area contributed by atoms with E-state index in [4.69, 9.17) is 4.52 Å². The van der Waals surface area contributed by atoms with Gasteiger partial charge in [0, 0.05) is 55.9 Å². The SMILES string of the molecule is Cc1noc(C)c1CC(=O)N1CCN(c2ccc3ncnc(N4CCCC4)c3c2)CC1. The van der Waals surface area contributed by atoms with Crippen LogP contribution in [-0.2, 0) is 11.2 Å². The Kier molecular flexibility index (Phi) is 5.21. The first-order chi connectivity index (χ1) is 15.1. The fourth-order valence-electron chi connectivity index (χ4n) is 4.64. The highest BCUT2D eigenvalue weighted by Gasteiger charge is 2.24. The molecule has 8 heteroatoms. The number of aryl methyl sites for hydroxylation is 2. The molecule has 31 heavy (non-hydrogen) atoms. The van der Waals surface area contributed by atoms with Gasteiger partial charge in [-0.05, 0) is 44.9 Å². The number of carbonyl (C=O) groups excluding carboxylic acids is 1. The number of fused-ring (bicyclic) bond motifs is 1. The number of rotatable bonds is 4. The van der Waals surface area contributed by atoms with Crippen LogP contribution in [0.4, 0.5) is 11.5 Å². The van der Waals surface area contributed by atoms with Crippen molar-refractivity contribution in [2.24, 2.45) is 0 Å². The standard InChI is InChI=1S/C23H28N6O2/c1-16-19(17(2)31-26-16)14-22(30)28-11-9-27(10-12-28)18-5-6-21-20(13-18)23(25-15-24-21)29-7-3-4-8-29/h5-6,13,15H,3-4,7-12,14H2,1-2H3. The minimum atomic E-state index is 0.136. The average Bonchev–Trinajstić information content (AvgIpc) is 3.44. The molecule has 0 atom stereocenters. The molecule has 2 saturated heterocycles. The molecule has 0 radical (unpaired) electrons. The van der Waals surface area contributed by atoms with Crippen molar-refractivity contribution in [3.63, 3.8) is 0 Å². The van der Waals surface area contributed by atoms with Gasteiger partial charge in [-0.2, -0.15) is 0 Å². The monoisotopic (exact) mass is 420 g/mol. The van der Waals surface area contributed by atoms with E-state index >= 15 is 0 Å². The van der Waals surface area contributed by atoms with Crippen LogP contribution in [0.25, 0.3) is 10.9 Å². The zero-order chi connectivity index (χ0) is 21.4. The Morgan fingerprint density at radius 1 is 1.00 bits per heavy atom. The third-order valence-electron chi connectivity index (χ3n) is 6.51. The molecule has 0 unspecified atom stereocenters. The molecule has 0 spiro atoms. The van der Waals surface area contributed by atoms with Crippen molar-refractivity contribution < 1.29 is 9.32 Å². The van der Waals surface area contributed by atoms with Crippen molar-refractivity contribution in [3.05, 3.63) is 41.5 Å². The second kappa shape index (κ2) is 8.17. The fourth-order valence-corrected chi connectivity index (χ4v) is 4.64. The van der Waals surface area contributed by atoms with E-state index in [1.54, 1.807) is 6.33 Å². The molecule has 0 N–H and O–H groups in total. The number of anilines is 2. The maximum absolute atomic E-state index is 12.8. The largest absolute Gasteiger partial charge is 0.368 e. The summed E-state index contributed by atoms with van der Waals surface area (Å²) in [4.78, 5) is 28.5. The van der Waals surface area contributed by atoms with Crippen LogP contribution >= 0.6 is 0 Å². The van der Waals surface area contributed by atoms with Crippen molar-refractivity contribution >= 4 is 28.3 Å². The summed E-state index contributed by atoms with van der Waals surface area (Å²) in [6, 6.07) is 6.43. The summed E-state index contributed by atoms with van der Waals surface area (Å²) in [5.74, 6) is 1.91. The zero-order valence-electron chi connectivity index (χ0n) is 18.2. The Balaban J connectivity index is 1.29. The number of benzene rings is 1. The maximum atomic E-state index is 12.8. The van der Waals surface area contributed by atoms with Crippen LogP contribution in [0.3, 0.4) is 0 Å². The molecule has 162 valence electrons. The highest BCUT2D eigenvalue weighted by molar-refractivity contribution is 5.92. The fraction of sp³-hybridized carbons (Fsp3) is 0.478. The summed E-state index contributed by atoms with van der Waals surface area (Å²) in [6.07, 6.45) is 4.46. The van der Waals surface area contributed by atoms with Crippen LogP contribution in [0, 0.1) is 13.8 Å². The van der Waals surface area contributed by atoms with E-state index in [-0.39, 0.29) is 5.91 Å². The van der Waals surface area contributed by atoms with Crippen LogP contribution in [0.2, 0.25) is 0 Å². The van der Waals surface area contributed by atoms with Gasteiger partial charge in [-0.25, -0.2) is 9.97 Å². The predicted octanol–water partition coefficient (Wildman–Crippen LogP) is 2.73. The Hall–Kier alpha value is -3.16. The van der Waals surface area contributed by atoms with Gasteiger partial charge in [-0.15, -0.1) is 0 Å². The first kappa shape index (κ1) is 19.8. The van der Waals surface area contributed by atoms with Crippen LogP contribution < -0.4 is 9.80 Å². The number of piperazine rings is 1. The topological polar surface area (TPSA) is 78.6 Å². The van der Waals surface area contributed by atoms with Gasteiger partial charge < -0.3 is 19.2 Å². The maximum Gasteiger partial charge on any atom is 0.227 e. The van der Waals surface area contributed by atoms with Crippen molar-refractivity contribution in [2.75, 3.05) is 49.1 Å². The normalized spacial score (nSPS) is 17.0. The van der Waals surface area contributed by atoms with Gasteiger partial charge >= 0.3 is 0 Å². The lowest BCUT2D eigenvalue weighted by molar-refractivity contribution is -0.130. The van der Waals surface area contributed by atoms with Crippen LogP contribution in [0.5, 0.6) is 0 Å². The van der Waals surface area contributed by atoms with Gasteiger partial charge in [0.15, 0.2) is 0 Å². The molecule has 2 aliphatic heterocycles. The first-order valence-corrected chi connectivity index (χ1v) is 11.0. The van der Waals surface area contributed by atoms with E-state index in [9.17, 15) is 4.79 Å². The van der Waals surface area contributed by atoms with Gasteiger partial charge in [0.05, 0.1) is 17.6 Å². The molecule has 8 nitrogen and oxygen atoms in total. The second-order valence-corrected chi connectivity index (χ2v) is 8.44. The lowest BCUT2D eigenvalue weighted by atomic mass is 10.1. The highest BCUT2D eigenvalue weighted by atomic mass is 16.5. The number of carbonyl (C=O) groups is 1. The molecule has 1 aromatic carbocycles. The Labute approximate surface area is 181 Å². The summed E-state index contributed by atoms with van der Waals surface area (Å²) in [5, 5.41) is 5.07. The van der Waals surface area contributed by atoms with E-state index in [2.05, 4.69) is 43.1 Å². The highest BCUT2D eigenvalue weighted by Crippen LogP contribution is 2.30. The molecule has 2 fully saturated rings. The van der Waals surface area contributed by atoms with Crippen molar-refractivity contribution in [1.29, 1.82) is 0 Å². The van der Waals surface area contributed by atoms with Crippen molar-refractivity contribution in [1.82, 2.24) is 20.0 Å². The van der Waals surface area contributed by atoms with Crippen LogP contribution in [0.1, 0.15) is 29.9 Å². The smallest absolute Gasteiger partial charge is 0.227 e.